The predicted molar refractivity (Wildman–Crippen MR) is 131 cm³/mol. The minimum atomic E-state index is -3.84. The van der Waals surface area contributed by atoms with E-state index in [1.807, 2.05) is 0 Å². The molecule has 1 heterocycles. The van der Waals surface area contributed by atoms with Crippen molar-refractivity contribution >= 4 is 33.4 Å². The maximum absolute atomic E-state index is 13.6. The first-order valence-corrected chi connectivity index (χ1v) is 12.7. The highest BCUT2D eigenvalue weighted by Crippen LogP contribution is 2.27. The monoisotopic (exact) mass is 509 g/mol. The standard InChI is InChI=1S/C26H24FN3O5S/c1-17-4-2-3-5-22(17)25(32)29(15-14-18-6-12-21(13-7-18)36(28,34)35)23-16-24(31)30(26(23)33)20-10-8-19(27)9-11-20/h2-13,23H,14-16H2,1H3,(H2,28,34,35). The summed E-state index contributed by atoms with van der Waals surface area (Å²) >= 11 is 0. The number of nitrogens with zero attached hydrogens (tertiary/aromatic N) is 2. The first kappa shape index (κ1) is 25.2. The number of nitrogens with two attached hydrogens (primary N) is 1. The summed E-state index contributed by atoms with van der Waals surface area (Å²) < 4.78 is 36.4. The van der Waals surface area contributed by atoms with E-state index < -0.39 is 39.6 Å². The van der Waals surface area contributed by atoms with Gasteiger partial charge in [-0.05, 0) is 66.9 Å². The Morgan fingerprint density at radius 1 is 1.03 bits per heavy atom. The number of imide groups is 1. The smallest absolute Gasteiger partial charge is 0.257 e. The fourth-order valence-corrected chi connectivity index (χ4v) is 4.70. The summed E-state index contributed by atoms with van der Waals surface area (Å²) in [6, 6.07) is 16.8. The number of hydrogen-bond donors (Lipinski definition) is 1. The molecule has 1 unspecified atom stereocenters. The molecule has 3 aromatic carbocycles. The first-order chi connectivity index (χ1) is 17.1. The van der Waals surface area contributed by atoms with Crippen LogP contribution in [0.2, 0.25) is 0 Å². The number of benzene rings is 3. The summed E-state index contributed by atoms with van der Waals surface area (Å²) in [5, 5.41) is 5.15. The molecule has 3 amide bonds. The SMILES string of the molecule is Cc1ccccc1C(=O)N(CCc1ccc(S(N)(=O)=O)cc1)C1CC(=O)N(c2ccc(F)cc2)C1=O. The molecule has 36 heavy (non-hydrogen) atoms. The van der Waals surface area contributed by atoms with Crippen molar-refractivity contribution in [1.82, 2.24) is 4.90 Å². The maximum Gasteiger partial charge on any atom is 0.257 e. The van der Waals surface area contributed by atoms with Crippen LogP contribution >= 0.6 is 0 Å². The minimum Gasteiger partial charge on any atom is -0.326 e. The van der Waals surface area contributed by atoms with Crippen molar-refractivity contribution in [2.24, 2.45) is 5.14 Å². The van der Waals surface area contributed by atoms with Gasteiger partial charge in [0.25, 0.3) is 11.8 Å². The zero-order valence-electron chi connectivity index (χ0n) is 19.4. The van der Waals surface area contributed by atoms with E-state index in [4.69, 9.17) is 5.14 Å². The van der Waals surface area contributed by atoms with E-state index >= 15 is 0 Å². The van der Waals surface area contributed by atoms with Gasteiger partial charge >= 0.3 is 0 Å². The van der Waals surface area contributed by atoms with Gasteiger partial charge in [0.15, 0.2) is 0 Å². The van der Waals surface area contributed by atoms with Gasteiger partial charge in [0.1, 0.15) is 11.9 Å². The molecule has 0 radical (unpaired) electrons. The number of anilines is 1. The van der Waals surface area contributed by atoms with Crippen molar-refractivity contribution in [2.45, 2.75) is 30.7 Å². The second-order valence-corrected chi connectivity index (χ2v) is 10.1. The normalized spacial score (nSPS) is 15.9. The fourth-order valence-electron chi connectivity index (χ4n) is 4.18. The lowest BCUT2D eigenvalue weighted by Crippen LogP contribution is -2.46. The summed E-state index contributed by atoms with van der Waals surface area (Å²) in [5.74, 6) is -1.96. The van der Waals surface area contributed by atoms with E-state index in [0.717, 1.165) is 28.2 Å². The predicted octanol–water partition coefficient (Wildman–Crippen LogP) is 2.80. The van der Waals surface area contributed by atoms with Crippen LogP contribution in [-0.2, 0) is 26.0 Å². The zero-order valence-corrected chi connectivity index (χ0v) is 20.2. The summed E-state index contributed by atoms with van der Waals surface area (Å²) in [6.45, 7) is 1.88. The molecule has 3 aromatic rings. The molecular weight excluding hydrogens is 485 g/mol. The molecule has 0 spiro atoms. The fraction of sp³-hybridized carbons (Fsp3) is 0.192. The second-order valence-electron chi connectivity index (χ2n) is 8.52. The Balaban J connectivity index is 1.63. The molecule has 4 rings (SSSR count). The lowest BCUT2D eigenvalue weighted by Gasteiger charge is -2.28. The highest BCUT2D eigenvalue weighted by Gasteiger charge is 2.44. The molecule has 1 fully saturated rings. The van der Waals surface area contributed by atoms with E-state index in [1.54, 1.807) is 43.3 Å². The van der Waals surface area contributed by atoms with Crippen LogP contribution in [0.5, 0.6) is 0 Å². The van der Waals surface area contributed by atoms with Gasteiger partial charge in [-0.25, -0.2) is 22.8 Å². The Labute approximate surface area is 208 Å². The van der Waals surface area contributed by atoms with Crippen LogP contribution in [0.15, 0.2) is 77.7 Å². The van der Waals surface area contributed by atoms with E-state index in [-0.39, 0.29) is 23.5 Å². The van der Waals surface area contributed by atoms with Crippen LogP contribution in [0.4, 0.5) is 10.1 Å². The Morgan fingerprint density at radius 2 is 1.67 bits per heavy atom. The van der Waals surface area contributed by atoms with Gasteiger partial charge in [-0.2, -0.15) is 0 Å². The number of primary sulfonamides is 1. The molecule has 186 valence electrons. The van der Waals surface area contributed by atoms with Crippen LogP contribution in [-0.4, -0.2) is 43.6 Å². The number of hydrogen-bond acceptors (Lipinski definition) is 5. The maximum atomic E-state index is 13.6. The van der Waals surface area contributed by atoms with Crippen LogP contribution in [0.1, 0.15) is 27.9 Å². The average Bonchev–Trinajstić information content (AvgIpc) is 3.13. The summed E-state index contributed by atoms with van der Waals surface area (Å²) in [4.78, 5) is 42.1. The Bertz CT molecular complexity index is 1420. The molecule has 1 aliphatic heterocycles. The van der Waals surface area contributed by atoms with Crippen LogP contribution < -0.4 is 10.0 Å². The molecule has 0 bridgehead atoms. The van der Waals surface area contributed by atoms with Gasteiger partial charge in [-0.15, -0.1) is 0 Å². The van der Waals surface area contributed by atoms with Crippen LogP contribution in [0.25, 0.3) is 0 Å². The molecule has 1 atom stereocenters. The number of sulfonamides is 1. The van der Waals surface area contributed by atoms with Crippen molar-refractivity contribution < 1.29 is 27.2 Å². The highest BCUT2D eigenvalue weighted by molar-refractivity contribution is 7.89. The molecule has 1 saturated heterocycles. The molecule has 0 aliphatic carbocycles. The number of amides is 3. The van der Waals surface area contributed by atoms with Crippen molar-refractivity contribution in [3.63, 3.8) is 0 Å². The number of rotatable bonds is 7. The largest absolute Gasteiger partial charge is 0.326 e. The Morgan fingerprint density at radius 3 is 2.28 bits per heavy atom. The number of halogens is 1. The first-order valence-electron chi connectivity index (χ1n) is 11.2. The van der Waals surface area contributed by atoms with Gasteiger partial charge in [0.2, 0.25) is 15.9 Å². The van der Waals surface area contributed by atoms with Crippen LogP contribution in [0.3, 0.4) is 0 Å². The molecule has 2 N–H and O–H groups in total. The second kappa shape index (κ2) is 10.00. The van der Waals surface area contributed by atoms with Gasteiger partial charge in [0.05, 0.1) is 17.0 Å². The Hall–Kier alpha value is -3.89. The summed E-state index contributed by atoms with van der Waals surface area (Å²) in [7, 11) is -3.84. The van der Waals surface area contributed by atoms with Crippen molar-refractivity contribution in [3.8, 4) is 0 Å². The third-order valence-electron chi connectivity index (χ3n) is 6.11. The van der Waals surface area contributed by atoms with E-state index in [2.05, 4.69) is 0 Å². The minimum absolute atomic E-state index is 0.0365. The van der Waals surface area contributed by atoms with Gasteiger partial charge in [0, 0.05) is 12.1 Å². The van der Waals surface area contributed by atoms with Gasteiger partial charge in [-0.3, -0.25) is 14.4 Å². The van der Waals surface area contributed by atoms with E-state index in [9.17, 15) is 27.2 Å². The van der Waals surface area contributed by atoms with Crippen molar-refractivity contribution in [2.75, 3.05) is 11.4 Å². The van der Waals surface area contributed by atoms with E-state index in [0.29, 0.717) is 12.0 Å². The third kappa shape index (κ3) is 5.19. The average molecular weight is 510 g/mol. The van der Waals surface area contributed by atoms with Gasteiger partial charge in [-0.1, -0.05) is 30.3 Å². The molecule has 0 saturated carbocycles. The molecule has 8 nitrogen and oxygen atoms in total. The number of carbonyl (C=O) groups excluding carboxylic acids is 3. The molecule has 1 aliphatic rings. The van der Waals surface area contributed by atoms with Crippen LogP contribution in [0, 0.1) is 12.7 Å². The molecular formula is C26H24FN3O5S. The number of carbonyl (C=O) groups is 3. The third-order valence-corrected chi connectivity index (χ3v) is 7.04. The molecule has 10 heteroatoms. The highest BCUT2D eigenvalue weighted by atomic mass is 32.2. The lowest BCUT2D eigenvalue weighted by molar-refractivity contribution is -0.122. The van der Waals surface area contributed by atoms with E-state index in [1.165, 1.54) is 29.2 Å². The van der Waals surface area contributed by atoms with Crippen molar-refractivity contribution in [3.05, 3.63) is 95.3 Å². The van der Waals surface area contributed by atoms with Crippen molar-refractivity contribution in [1.29, 1.82) is 0 Å². The topological polar surface area (TPSA) is 118 Å². The Kier molecular flexibility index (Phi) is 7.00. The lowest BCUT2D eigenvalue weighted by atomic mass is 10.0. The summed E-state index contributed by atoms with van der Waals surface area (Å²) in [5.41, 5.74) is 2.08. The molecule has 0 aromatic heterocycles. The summed E-state index contributed by atoms with van der Waals surface area (Å²) in [6.07, 6.45) is 0.0925. The zero-order chi connectivity index (χ0) is 26.0. The quantitative estimate of drug-likeness (QED) is 0.492. The number of aryl methyl sites for hydroxylation is 1. The van der Waals surface area contributed by atoms with Gasteiger partial charge < -0.3 is 4.90 Å².